The van der Waals surface area contributed by atoms with Crippen LogP contribution in [0.1, 0.15) is 36.4 Å². The Hall–Kier alpha value is -0.450. The summed E-state index contributed by atoms with van der Waals surface area (Å²) in [4.78, 5) is 7.02. The van der Waals surface area contributed by atoms with Gasteiger partial charge in [0.2, 0.25) is 0 Å². The van der Waals surface area contributed by atoms with E-state index in [2.05, 4.69) is 15.3 Å². The molecule has 0 aliphatic carbocycles. The highest BCUT2D eigenvalue weighted by atomic mass is 32.1. The van der Waals surface area contributed by atoms with Crippen molar-refractivity contribution in [2.24, 2.45) is 0 Å². The lowest BCUT2D eigenvalue weighted by molar-refractivity contribution is -0.0359. The van der Waals surface area contributed by atoms with Crippen molar-refractivity contribution in [3.05, 3.63) is 16.1 Å². The number of nitrogens with zero attached hydrogens (tertiary/aromatic N) is 2. The van der Waals surface area contributed by atoms with Gasteiger partial charge in [0.15, 0.2) is 0 Å². The maximum absolute atomic E-state index is 10.7. The van der Waals surface area contributed by atoms with Gasteiger partial charge in [0, 0.05) is 24.4 Å². The summed E-state index contributed by atoms with van der Waals surface area (Å²) < 4.78 is 0. The minimum Gasteiger partial charge on any atom is -0.389 e. The Bertz CT molecular complexity index is 406. The predicted molar refractivity (Wildman–Crippen MR) is 69.3 cm³/mol. The Balaban J connectivity index is 1.69. The summed E-state index contributed by atoms with van der Waals surface area (Å²) in [6.45, 7) is 4.32. The van der Waals surface area contributed by atoms with Crippen LogP contribution in [0.15, 0.2) is 5.38 Å². The van der Waals surface area contributed by atoms with Crippen molar-refractivity contribution in [1.29, 1.82) is 0 Å². The van der Waals surface area contributed by atoms with E-state index in [-0.39, 0.29) is 0 Å². The van der Waals surface area contributed by atoms with E-state index < -0.39 is 5.60 Å². The Morgan fingerprint density at radius 3 is 3.24 bits per heavy atom. The van der Waals surface area contributed by atoms with Gasteiger partial charge in [-0.05, 0) is 39.2 Å². The van der Waals surface area contributed by atoms with Crippen molar-refractivity contribution in [2.75, 3.05) is 13.1 Å². The number of rotatable bonds is 2. The normalized spacial score (nSPS) is 33.9. The molecule has 17 heavy (non-hydrogen) atoms. The van der Waals surface area contributed by atoms with Crippen molar-refractivity contribution < 1.29 is 5.11 Å². The van der Waals surface area contributed by atoms with Crippen LogP contribution in [0, 0.1) is 6.92 Å². The highest BCUT2D eigenvalue weighted by molar-refractivity contribution is 7.09. The molecule has 94 valence electrons. The van der Waals surface area contributed by atoms with Crippen LogP contribution < -0.4 is 0 Å². The summed E-state index contributed by atoms with van der Waals surface area (Å²) in [5.74, 6) is 0. The fraction of sp³-hybridized carbons (Fsp3) is 0.769. The SMILES string of the molecule is Cc1nc(CC2(O)CCN3CCCC3C2)cs1. The average Bonchev–Trinajstić information content (AvgIpc) is 2.86. The average molecular weight is 252 g/mol. The molecule has 2 saturated heterocycles. The van der Waals surface area contributed by atoms with E-state index in [4.69, 9.17) is 0 Å². The van der Waals surface area contributed by atoms with Crippen LogP contribution in [0.5, 0.6) is 0 Å². The summed E-state index contributed by atoms with van der Waals surface area (Å²) in [6, 6.07) is 0.619. The minimum atomic E-state index is -0.508. The molecule has 3 nitrogen and oxygen atoms in total. The standard InChI is InChI=1S/C13H20N2OS/c1-10-14-11(9-17-10)7-13(16)4-6-15-5-2-3-12(15)8-13/h9,12,16H,2-8H2,1H3. The largest absolute Gasteiger partial charge is 0.389 e. The van der Waals surface area contributed by atoms with Crippen LogP contribution in [0.4, 0.5) is 0 Å². The van der Waals surface area contributed by atoms with Gasteiger partial charge in [-0.3, -0.25) is 0 Å². The number of aromatic nitrogens is 1. The topological polar surface area (TPSA) is 36.4 Å². The van der Waals surface area contributed by atoms with E-state index >= 15 is 0 Å². The molecule has 0 aromatic carbocycles. The fourth-order valence-electron chi connectivity index (χ4n) is 3.30. The molecule has 3 heterocycles. The van der Waals surface area contributed by atoms with Gasteiger partial charge in [0.1, 0.15) is 0 Å². The molecule has 2 aliphatic rings. The molecule has 4 heteroatoms. The lowest BCUT2D eigenvalue weighted by Crippen LogP contribution is -2.48. The molecule has 2 aliphatic heterocycles. The zero-order valence-electron chi connectivity index (χ0n) is 10.4. The Morgan fingerprint density at radius 2 is 2.47 bits per heavy atom. The maximum atomic E-state index is 10.7. The lowest BCUT2D eigenvalue weighted by atomic mass is 9.83. The molecule has 0 spiro atoms. The summed E-state index contributed by atoms with van der Waals surface area (Å²) in [7, 11) is 0. The van der Waals surface area contributed by atoms with E-state index in [0.717, 1.165) is 36.5 Å². The minimum absolute atomic E-state index is 0.508. The molecule has 1 aromatic rings. The highest BCUT2D eigenvalue weighted by Crippen LogP contribution is 2.35. The fourth-order valence-corrected chi connectivity index (χ4v) is 3.91. The monoisotopic (exact) mass is 252 g/mol. The first-order valence-electron chi connectivity index (χ1n) is 6.52. The number of fused-ring (bicyclic) bond motifs is 1. The van der Waals surface area contributed by atoms with Crippen molar-refractivity contribution in [1.82, 2.24) is 9.88 Å². The van der Waals surface area contributed by atoms with E-state index in [1.165, 1.54) is 19.4 Å². The molecule has 2 unspecified atom stereocenters. The molecule has 0 bridgehead atoms. The second-order valence-corrected chi connectivity index (χ2v) is 6.61. The Labute approximate surface area is 106 Å². The van der Waals surface area contributed by atoms with Crippen LogP contribution in [0.25, 0.3) is 0 Å². The summed E-state index contributed by atoms with van der Waals surface area (Å²) >= 11 is 1.68. The summed E-state index contributed by atoms with van der Waals surface area (Å²) in [5, 5.41) is 13.9. The van der Waals surface area contributed by atoms with Gasteiger partial charge in [0.25, 0.3) is 0 Å². The van der Waals surface area contributed by atoms with Crippen LogP contribution in [0.3, 0.4) is 0 Å². The number of aliphatic hydroxyl groups is 1. The number of aryl methyl sites for hydroxylation is 1. The molecule has 0 saturated carbocycles. The molecule has 1 N–H and O–H groups in total. The number of hydrogen-bond acceptors (Lipinski definition) is 4. The number of piperidine rings is 1. The quantitative estimate of drug-likeness (QED) is 0.874. The van der Waals surface area contributed by atoms with Gasteiger partial charge >= 0.3 is 0 Å². The second-order valence-electron chi connectivity index (χ2n) is 5.55. The third-order valence-electron chi connectivity index (χ3n) is 4.16. The van der Waals surface area contributed by atoms with Crippen molar-refractivity contribution in [3.63, 3.8) is 0 Å². The van der Waals surface area contributed by atoms with Crippen LogP contribution in [0.2, 0.25) is 0 Å². The molecule has 3 rings (SSSR count). The molecular formula is C13H20N2OS. The molecule has 0 amide bonds. The van der Waals surface area contributed by atoms with Crippen molar-refractivity contribution in [2.45, 2.75) is 50.7 Å². The predicted octanol–water partition coefficient (Wildman–Crippen LogP) is 1.98. The van der Waals surface area contributed by atoms with Gasteiger partial charge in [-0.25, -0.2) is 4.98 Å². The Kier molecular flexibility index (Phi) is 2.97. The highest BCUT2D eigenvalue weighted by Gasteiger charge is 2.40. The first kappa shape index (κ1) is 11.6. The molecule has 1 aromatic heterocycles. The van der Waals surface area contributed by atoms with Crippen LogP contribution in [-0.4, -0.2) is 39.7 Å². The smallest absolute Gasteiger partial charge is 0.0897 e. The summed E-state index contributed by atoms with van der Waals surface area (Å²) in [6.07, 6.45) is 5.14. The lowest BCUT2D eigenvalue weighted by Gasteiger charge is -2.40. The second kappa shape index (κ2) is 4.34. The molecule has 0 radical (unpaired) electrons. The number of hydrogen-bond donors (Lipinski definition) is 1. The molecule has 2 fully saturated rings. The van der Waals surface area contributed by atoms with Gasteiger partial charge in [-0.1, -0.05) is 0 Å². The van der Waals surface area contributed by atoms with E-state index in [1.54, 1.807) is 11.3 Å². The van der Waals surface area contributed by atoms with Crippen LogP contribution in [-0.2, 0) is 6.42 Å². The van der Waals surface area contributed by atoms with Crippen molar-refractivity contribution in [3.8, 4) is 0 Å². The van der Waals surface area contributed by atoms with E-state index in [1.807, 2.05) is 6.92 Å². The number of thiazole rings is 1. The van der Waals surface area contributed by atoms with Crippen molar-refractivity contribution >= 4 is 11.3 Å². The zero-order valence-corrected chi connectivity index (χ0v) is 11.2. The van der Waals surface area contributed by atoms with Crippen LogP contribution >= 0.6 is 11.3 Å². The van der Waals surface area contributed by atoms with Gasteiger partial charge in [-0.2, -0.15) is 0 Å². The van der Waals surface area contributed by atoms with Gasteiger partial charge in [0.05, 0.1) is 16.3 Å². The van der Waals surface area contributed by atoms with Gasteiger partial charge in [-0.15, -0.1) is 11.3 Å². The first-order valence-corrected chi connectivity index (χ1v) is 7.40. The third kappa shape index (κ3) is 2.39. The maximum Gasteiger partial charge on any atom is 0.0897 e. The molecule has 2 atom stereocenters. The first-order chi connectivity index (χ1) is 8.15. The molecular weight excluding hydrogens is 232 g/mol. The van der Waals surface area contributed by atoms with E-state index in [0.29, 0.717) is 6.04 Å². The van der Waals surface area contributed by atoms with E-state index in [9.17, 15) is 5.11 Å². The zero-order chi connectivity index (χ0) is 11.9. The third-order valence-corrected chi connectivity index (χ3v) is 4.98. The summed E-state index contributed by atoms with van der Waals surface area (Å²) in [5.41, 5.74) is 0.563. The van der Waals surface area contributed by atoms with Gasteiger partial charge < -0.3 is 10.0 Å². The Morgan fingerprint density at radius 1 is 1.59 bits per heavy atom.